The molecule has 1 aliphatic heterocycles. The molecule has 2 atom stereocenters. The van der Waals surface area contributed by atoms with E-state index in [1.54, 1.807) is 0 Å². The van der Waals surface area contributed by atoms with Crippen LogP contribution in [0.1, 0.15) is 25.3 Å². The molecule has 0 aliphatic carbocycles. The van der Waals surface area contributed by atoms with Gasteiger partial charge in [0, 0.05) is 5.56 Å². The van der Waals surface area contributed by atoms with Gasteiger partial charge in [-0.1, -0.05) is 48.5 Å². The number of aromatic nitrogens is 2. The summed E-state index contributed by atoms with van der Waals surface area (Å²) in [5, 5.41) is 9.97. The van der Waals surface area contributed by atoms with Gasteiger partial charge in [-0.05, 0) is 35.7 Å². The summed E-state index contributed by atoms with van der Waals surface area (Å²) >= 11 is 0. The van der Waals surface area contributed by atoms with Crippen molar-refractivity contribution in [1.29, 1.82) is 0 Å². The van der Waals surface area contributed by atoms with E-state index in [1.165, 1.54) is 10.8 Å². The Morgan fingerprint density at radius 2 is 2.00 bits per heavy atom. The first kappa shape index (κ1) is 12.5. The molecule has 0 radical (unpaired) electrons. The molecule has 2 unspecified atom stereocenters. The van der Waals surface area contributed by atoms with Crippen LogP contribution < -0.4 is 5.32 Å². The fourth-order valence-corrected chi connectivity index (χ4v) is 2.97. The molecule has 0 saturated carbocycles. The zero-order chi connectivity index (χ0) is 14.2. The lowest BCUT2D eigenvalue weighted by molar-refractivity contribution is 0.319. The molecule has 1 aromatic heterocycles. The Morgan fingerprint density at radius 3 is 2.81 bits per heavy atom. The molecule has 4 rings (SSSR count). The summed E-state index contributed by atoms with van der Waals surface area (Å²) in [5.74, 6) is 1.90. The van der Waals surface area contributed by atoms with Crippen molar-refractivity contribution in [2.24, 2.45) is 5.92 Å². The number of hydrogen-bond donors (Lipinski definition) is 1. The maximum absolute atomic E-state index is 5.46. The van der Waals surface area contributed by atoms with Gasteiger partial charge in [0.15, 0.2) is 0 Å². The standard InChI is InChI=1S/C17H17N3O/c1-11-8-9-18-15(11)17-19-16(20-21-17)14-7-6-12-4-2-3-5-13(12)10-14/h2-7,10-11,15,18H,8-9H2,1H3. The fraction of sp³-hybridized carbons (Fsp3) is 0.294. The Hall–Kier alpha value is -2.20. The average molecular weight is 279 g/mol. The van der Waals surface area contributed by atoms with E-state index in [-0.39, 0.29) is 6.04 Å². The van der Waals surface area contributed by atoms with Crippen molar-refractivity contribution in [1.82, 2.24) is 15.5 Å². The molecular formula is C17H17N3O. The van der Waals surface area contributed by atoms with Gasteiger partial charge in [-0.15, -0.1) is 0 Å². The second-order valence-electron chi connectivity index (χ2n) is 5.72. The molecule has 106 valence electrons. The molecule has 4 nitrogen and oxygen atoms in total. The van der Waals surface area contributed by atoms with E-state index in [9.17, 15) is 0 Å². The molecule has 0 bridgehead atoms. The van der Waals surface area contributed by atoms with Crippen LogP contribution in [0.25, 0.3) is 22.2 Å². The highest BCUT2D eigenvalue weighted by Gasteiger charge is 2.29. The van der Waals surface area contributed by atoms with Crippen molar-refractivity contribution in [3.8, 4) is 11.4 Å². The summed E-state index contributed by atoms with van der Waals surface area (Å²) in [6, 6.07) is 14.7. The third kappa shape index (κ3) is 2.21. The maximum Gasteiger partial charge on any atom is 0.244 e. The van der Waals surface area contributed by atoms with Crippen LogP contribution in [0.15, 0.2) is 47.0 Å². The van der Waals surface area contributed by atoms with Crippen molar-refractivity contribution >= 4 is 10.8 Å². The van der Waals surface area contributed by atoms with E-state index in [2.05, 4.69) is 46.6 Å². The third-order valence-electron chi connectivity index (χ3n) is 4.25. The van der Waals surface area contributed by atoms with Gasteiger partial charge >= 0.3 is 0 Å². The van der Waals surface area contributed by atoms with Crippen molar-refractivity contribution in [3.05, 3.63) is 48.4 Å². The van der Waals surface area contributed by atoms with Crippen molar-refractivity contribution < 1.29 is 4.52 Å². The molecule has 0 spiro atoms. The third-order valence-corrected chi connectivity index (χ3v) is 4.25. The van der Waals surface area contributed by atoms with E-state index >= 15 is 0 Å². The zero-order valence-corrected chi connectivity index (χ0v) is 11.9. The van der Waals surface area contributed by atoms with Crippen LogP contribution in [0, 0.1) is 5.92 Å². The van der Waals surface area contributed by atoms with Gasteiger partial charge in [0.25, 0.3) is 0 Å². The molecule has 3 aromatic rings. The van der Waals surface area contributed by atoms with Crippen LogP contribution in [0.4, 0.5) is 0 Å². The van der Waals surface area contributed by atoms with E-state index in [4.69, 9.17) is 4.52 Å². The molecule has 1 saturated heterocycles. The predicted molar refractivity (Wildman–Crippen MR) is 81.8 cm³/mol. The normalized spacial score (nSPS) is 22.0. The Labute approximate surface area is 123 Å². The molecule has 4 heteroatoms. The van der Waals surface area contributed by atoms with Crippen LogP contribution in [0.3, 0.4) is 0 Å². The Kier molecular flexibility index (Phi) is 2.97. The van der Waals surface area contributed by atoms with Crippen LogP contribution >= 0.6 is 0 Å². The van der Waals surface area contributed by atoms with Gasteiger partial charge < -0.3 is 9.84 Å². The maximum atomic E-state index is 5.46. The summed E-state index contributed by atoms with van der Waals surface area (Å²) in [7, 11) is 0. The lowest BCUT2D eigenvalue weighted by Crippen LogP contribution is -2.16. The lowest BCUT2D eigenvalue weighted by Gasteiger charge is -2.09. The van der Waals surface area contributed by atoms with Crippen molar-refractivity contribution in [2.75, 3.05) is 6.54 Å². The molecule has 21 heavy (non-hydrogen) atoms. The second kappa shape index (κ2) is 4.97. The van der Waals surface area contributed by atoms with Crippen molar-refractivity contribution in [3.63, 3.8) is 0 Å². The highest BCUT2D eigenvalue weighted by molar-refractivity contribution is 5.86. The van der Waals surface area contributed by atoms with Gasteiger partial charge in [-0.3, -0.25) is 0 Å². The molecule has 0 amide bonds. The highest BCUT2D eigenvalue weighted by atomic mass is 16.5. The smallest absolute Gasteiger partial charge is 0.244 e. The number of rotatable bonds is 2. The van der Waals surface area contributed by atoms with Gasteiger partial charge in [0.2, 0.25) is 11.7 Å². The van der Waals surface area contributed by atoms with Crippen LogP contribution in [0.5, 0.6) is 0 Å². The van der Waals surface area contributed by atoms with E-state index < -0.39 is 0 Å². The Balaban J connectivity index is 1.70. The summed E-state index contributed by atoms with van der Waals surface area (Å²) < 4.78 is 5.46. The van der Waals surface area contributed by atoms with Gasteiger partial charge in [0.1, 0.15) is 0 Å². The highest BCUT2D eigenvalue weighted by Crippen LogP contribution is 2.29. The number of fused-ring (bicyclic) bond motifs is 1. The largest absolute Gasteiger partial charge is 0.337 e. The monoisotopic (exact) mass is 279 g/mol. The molecule has 1 N–H and O–H groups in total. The molecule has 1 fully saturated rings. The SMILES string of the molecule is CC1CCNC1c1nc(-c2ccc3ccccc3c2)no1. The average Bonchev–Trinajstić information content (AvgIpc) is 3.15. The number of nitrogens with zero attached hydrogens (tertiary/aromatic N) is 2. The van der Waals surface area contributed by atoms with Gasteiger partial charge in [0.05, 0.1) is 6.04 Å². The first-order valence-electron chi connectivity index (χ1n) is 7.37. The zero-order valence-electron chi connectivity index (χ0n) is 11.9. The quantitative estimate of drug-likeness (QED) is 0.779. The van der Waals surface area contributed by atoms with E-state index in [0.29, 0.717) is 17.6 Å². The predicted octanol–water partition coefficient (Wildman–Crippen LogP) is 3.56. The minimum absolute atomic E-state index is 0.187. The summed E-state index contributed by atoms with van der Waals surface area (Å²) in [6.45, 7) is 3.23. The number of benzene rings is 2. The van der Waals surface area contributed by atoms with E-state index in [0.717, 1.165) is 18.5 Å². The van der Waals surface area contributed by atoms with E-state index in [1.807, 2.05) is 18.2 Å². The molecular weight excluding hydrogens is 262 g/mol. The number of hydrogen-bond acceptors (Lipinski definition) is 4. The first-order chi connectivity index (χ1) is 10.3. The summed E-state index contributed by atoms with van der Waals surface area (Å²) in [4.78, 5) is 4.58. The topological polar surface area (TPSA) is 51.0 Å². The fourth-order valence-electron chi connectivity index (χ4n) is 2.97. The molecule has 2 aromatic carbocycles. The second-order valence-corrected chi connectivity index (χ2v) is 5.72. The first-order valence-corrected chi connectivity index (χ1v) is 7.37. The van der Waals surface area contributed by atoms with Crippen molar-refractivity contribution in [2.45, 2.75) is 19.4 Å². The van der Waals surface area contributed by atoms with Crippen LogP contribution in [-0.2, 0) is 0 Å². The lowest BCUT2D eigenvalue weighted by atomic mass is 10.0. The Bertz CT molecular complexity index is 780. The van der Waals surface area contributed by atoms with Crippen LogP contribution in [-0.4, -0.2) is 16.7 Å². The number of nitrogens with one attached hydrogen (secondary N) is 1. The Morgan fingerprint density at radius 1 is 1.14 bits per heavy atom. The van der Waals surface area contributed by atoms with Gasteiger partial charge in [-0.2, -0.15) is 4.98 Å². The summed E-state index contributed by atoms with van der Waals surface area (Å²) in [5.41, 5.74) is 0.995. The minimum Gasteiger partial charge on any atom is -0.337 e. The summed E-state index contributed by atoms with van der Waals surface area (Å²) in [6.07, 6.45) is 1.15. The van der Waals surface area contributed by atoms with Crippen LogP contribution in [0.2, 0.25) is 0 Å². The molecule has 2 heterocycles. The molecule has 1 aliphatic rings. The van der Waals surface area contributed by atoms with Gasteiger partial charge in [-0.25, -0.2) is 0 Å². The minimum atomic E-state index is 0.187.